The van der Waals surface area contributed by atoms with Crippen LogP contribution in [0.4, 0.5) is 4.39 Å². The quantitative estimate of drug-likeness (QED) is 0.760. The smallest absolute Gasteiger partial charge is 0.243 e. The van der Waals surface area contributed by atoms with Crippen molar-refractivity contribution in [3.63, 3.8) is 0 Å². The lowest BCUT2D eigenvalue weighted by atomic mass is 10.2. The number of hydrogen-bond donors (Lipinski definition) is 1. The van der Waals surface area contributed by atoms with Crippen LogP contribution in [0.1, 0.15) is 24.5 Å². The maximum atomic E-state index is 13.0. The average molecular weight is 434 g/mol. The molecular weight excluding hydrogens is 405 g/mol. The zero-order chi connectivity index (χ0) is 21.7. The van der Waals surface area contributed by atoms with Crippen LogP contribution >= 0.6 is 0 Å². The van der Waals surface area contributed by atoms with E-state index in [0.29, 0.717) is 44.0 Å². The molecule has 0 aliphatic carbocycles. The standard InChI is InChI=1S/C22H28FN3O3S/c1-17-4-10-21(11-5-17)30(28,29)26-13-3-12-25(14-15-26)18(2)22(27)24-16-19-6-8-20(23)9-7-19/h4-11,18H,3,12-16H2,1-2H3,(H,24,27)/t18-/m1/s1. The molecule has 0 radical (unpaired) electrons. The highest BCUT2D eigenvalue weighted by Crippen LogP contribution is 2.19. The van der Waals surface area contributed by atoms with Crippen LogP contribution in [0.15, 0.2) is 53.4 Å². The number of carbonyl (C=O) groups excluding carboxylic acids is 1. The first-order chi connectivity index (χ1) is 14.3. The fraction of sp³-hybridized carbons (Fsp3) is 0.409. The zero-order valence-electron chi connectivity index (χ0n) is 17.3. The van der Waals surface area contributed by atoms with Crippen molar-refractivity contribution in [2.24, 2.45) is 0 Å². The second-order valence-electron chi connectivity index (χ2n) is 7.63. The Morgan fingerprint density at radius 2 is 1.70 bits per heavy atom. The number of nitrogens with zero attached hydrogens (tertiary/aromatic N) is 2. The summed E-state index contributed by atoms with van der Waals surface area (Å²) in [5, 5.41) is 2.87. The maximum absolute atomic E-state index is 13.0. The molecule has 0 saturated carbocycles. The zero-order valence-corrected chi connectivity index (χ0v) is 18.2. The topological polar surface area (TPSA) is 69.7 Å². The van der Waals surface area contributed by atoms with Crippen molar-refractivity contribution in [1.29, 1.82) is 0 Å². The molecule has 162 valence electrons. The minimum atomic E-state index is -3.55. The van der Waals surface area contributed by atoms with E-state index in [-0.39, 0.29) is 17.8 Å². The van der Waals surface area contributed by atoms with Gasteiger partial charge in [0, 0.05) is 32.7 Å². The van der Waals surface area contributed by atoms with Crippen LogP contribution in [0.5, 0.6) is 0 Å². The molecule has 1 heterocycles. The fourth-order valence-electron chi connectivity index (χ4n) is 3.51. The second kappa shape index (κ2) is 9.68. The molecule has 0 unspecified atom stereocenters. The third-order valence-electron chi connectivity index (χ3n) is 5.46. The molecule has 1 atom stereocenters. The molecule has 1 fully saturated rings. The number of carbonyl (C=O) groups is 1. The Morgan fingerprint density at radius 1 is 1.03 bits per heavy atom. The lowest BCUT2D eigenvalue weighted by Crippen LogP contribution is -2.46. The molecule has 1 saturated heterocycles. The first-order valence-electron chi connectivity index (χ1n) is 10.1. The van der Waals surface area contributed by atoms with Gasteiger partial charge in [0.15, 0.2) is 0 Å². The van der Waals surface area contributed by atoms with E-state index in [2.05, 4.69) is 5.32 Å². The first-order valence-corrected chi connectivity index (χ1v) is 11.5. The van der Waals surface area contributed by atoms with Crippen molar-refractivity contribution in [3.05, 3.63) is 65.5 Å². The van der Waals surface area contributed by atoms with Crippen LogP contribution in [0.3, 0.4) is 0 Å². The van der Waals surface area contributed by atoms with Gasteiger partial charge in [0.25, 0.3) is 0 Å². The van der Waals surface area contributed by atoms with Crippen LogP contribution in [0.2, 0.25) is 0 Å². The number of hydrogen-bond acceptors (Lipinski definition) is 4. The van der Waals surface area contributed by atoms with E-state index in [9.17, 15) is 17.6 Å². The van der Waals surface area contributed by atoms with Gasteiger partial charge in [0.1, 0.15) is 5.82 Å². The molecule has 1 amide bonds. The molecule has 0 bridgehead atoms. The predicted molar refractivity (Wildman–Crippen MR) is 114 cm³/mol. The molecule has 2 aromatic carbocycles. The SMILES string of the molecule is Cc1ccc(S(=O)(=O)N2CCCN([C@H](C)C(=O)NCc3ccc(F)cc3)CC2)cc1. The van der Waals surface area contributed by atoms with Gasteiger partial charge in [0.05, 0.1) is 10.9 Å². The van der Waals surface area contributed by atoms with E-state index in [1.54, 1.807) is 36.4 Å². The Morgan fingerprint density at radius 3 is 2.37 bits per heavy atom. The number of sulfonamides is 1. The summed E-state index contributed by atoms with van der Waals surface area (Å²) < 4.78 is 40.4. The van der Waals surface area contributed by atoms with Crippen LogP contribution < -0.4 is 5.32 Å². The lowest BCUT2D eigenvalue weighted by molar-refractivity contribution is -0.126. The van der Waals surface area contributed by atoms with Crippen LogP contribution in [-0.2, 0) is 21.4 Å². The van der Waals surface area contributed by atoms with E-state index in [4.69, 9.17) is 0 Å². The Hall–Kier alpha value is -2.29. The Kier molecular flexibility index (Phi) is 7.23. The molecular formula is C22H28FN3O3S. The first kappa shape index (κ1) is 22.4. The minimum absolute atomic E-state index is 0.130. The van der Waals surface area contributed by atoms with Gasteiger partial charge in [-0.15, -0.1) is 0 Å². The largest absolute Gasteiger partial charge is 0.351 e. The van der Waals surface area contributed by atoms with Gasteiger partial charge in [-0.05, 0) is 50.1 Å². The fourth-order valence-corrected chi connectivity index (χ4v) is 4.98. The van der Waals surface area contributed by atoms with Gasteiger partial charge in [-0.1, -0.05) is 29.8 Å². The predicted octanol–water partition coefficient (Wildman–Crippen LogP) is 2.54. The summed E-state index contributed by atoms with van der Waals surface area (Å²) in [5.74, 6) is -0.442. The summed E-state index contributed by atoms with van der Waals surface area (Å²) in [6.07, 6.45) is 0.653. The molecule has 1 aliphatic rings. The maximum Gasteiger partial charge on any atom is 0.243 e. The summed E-state index contributed by atoms with van der Waals surface area (Å²) >= 11 is 0. The molecule has 0 spiro atoms. The van der Waals surface area contributed by atoms with Gasteiger partial charge >= 0.3 is 0 Å². The number of amides is 1. The number of aryl methyl sites for hydroxylation is 1. The van der Waals surface area contributed by atoms with Crippen molar-refractivity contribution in [1.82, 2.24) is 14.5 Å². The summed E-state index contributed by atoms with van der Waals surface area (Å²) in [6, 6.07) is 12.5. The highest BCUT2D eigenvalue weighted by molar-refractivity contribution is 7.89. The number of halogens is 1. The normalized spacial score (nSPS) is 17.3. The summed E-state index contributed by atoms with van der Waals surface area (Å²) in [7, 11) is -3.55. The molecule has 6 nitrogen and oxygen atoms in total. The van der Waals surface area contributed by atoms with E-state index in [1.807, 2.05) is 18.7 Å². The number of nitrogens with one attached hydrogen (secondary N) is 1. The number of benzene rings is 2. The molecule has 1 N–H and O–H groups in total. The highest BCUT2D eigenvalue weighted by Gasteiger charge is 2.29. The van der Waals surface area contributed by atoms with E-state index in [0.717, 1.165) is 11.1 Å². The molecule has 2 aromatic rings. The third-order valence-corrected chi connectivity index (χ3v) is 7.37. The van der Waals surface area contributed by atoms with Crippen molar-refractivity contribution < 1.29 is 17.6 Å². The van der Waals surface area contributed by atoms with Crippen molar-refractivity contribution in [3.8, 4) is 0 Å². The molecule has 8 heteroatoms. The summed E-state index contributed by atoms with van der Waals surface area (Å²) in [6.45, 7) is 5.96. The number of rotatable bonds is 6. The van der Waals surface area contributed by atoms with Crippen molar-refractivity contribution >= 4 is 15.9 Å². The summed E-state index contributed by atoms with van der Waals surface area (Å²) in [4.78, 5) is 14.9. The van der Waals surface area contributed by atoms with Crippen molar-refractivity contribution in [2.45, 2.75) is 37.8 Å². The lowest BCUT2D eigenvalue weighted by Gasteiger charge is -2.27. The highest BCUT2D eigenvalue weighted by atomic mass is 32.2. The Labute approximate surface area is 177 Å². The Bertz CT molecular complexity index is 962. The molecule has 1 aliphatic heterocycles. The van der Waals surface area contributed by atoms with E-state index < -0.39 is 10.0 Å². The van der Waals surface area contributed by atoms with Gasteiger partial charge in [-0.2, -0.15) is 4.31 Å². The molecule has 3 rings (SSSR count). The van der Waals surface area contributed by atoms with E-state index in [1.165, 1.54) is 16.4 Å². The van der Waals surface area contributed by atoms with Gasteiger partial charge < -0.3 is 5.32 Å². The van der Waals surface area contributed by atoms with E-state index >= 15 is 0 Å². The minimum Gasteiger partial charge on any atom is -0.351 e. The van der Waals surface area contributed by atoms with Gasteiger partial charge in [-0.3, -0.25) is 9.69 Å². The molecule has 30 heavy (non-hydrogen) atoms. The van der Waals surface area contributed by atoms with Crippen molar-refractivity contribution in [2.75, 3.05) is 26.2 Å². The second-order valence-corrected chi connectivity index (χ2v) is 9.56. The van der Waals surface area contributed by atoms with Gasteiger partial charge in [-0.25, -0.2) is 12.8 Å². The molecule has 0 aromatic heterocycles. The van der Waals surface area contributed by atoms with Crippen LogP contribution in [-0.4, -0.2) is 55.8 Å². The average Bonchev–Trinajstić information content (AvgIpc) is 3.00. The summed E-state index contributed by atoms with van der Waals surface area (Å²) in [5.41, 5.74) is 1.83. The van der Waals surface area contributed by atoms with Gasteiger partial charge in [0.2, 0.25) is 15.9 Å². The van der Waals surface area contributed by atoms with Crippen LogP contribution in [0, 0.1) is 12.7 Å². The monoisotopic (exact) mass is 433 g/mol. The third kappa shape index (κ3) is 5.44. The van der Waals surface area contributed by atoms with Crippen LogP contribution in [0.25, 0.3) is 0 Å². The Balaban J connectivity index is 1.57.